The highest BCUT2D eigenvalue weighted by Crippen LogP contribution is 2.21. The van der Waals surface area contributed by atoms with Gasteiger partial charge in [-0.1, -0.05) is 6.92 Å². The van der Waals surface area contributed by atoms with Gasteiger partial charge in [-0.05, 0) is 30.9 Å². The lowest BCUT2D eigenvalue weighted by atomic mass is 9.99. The number of piperidine rings is 1. The Hall–Kier alpha value is -2.15. The number of likely N-dealkylation sites (tertiary alicyclic amines) is 1. The van der Waals surface area contributed by atoms with E-state index < -0.39 is 0 Å². The number of rotatable bonds is 4. The average Bonchev–Trinajstić information content (AvgIpc) is 2.63. The molecular weight excluding hydrogens is 320 g/mol. The normalized spacial score (nSPS) is 19.9. The second-order valence-electron chi connectivity index (χ2n) is 7.10. The Kier molecular flexibility index (Phi) is 5.53. The van der Waals surface area contributed by atoms with Crippen LogP contribution < -0.4 is 4.90 Å². The smallest absolute Gasteiger partial charge is 0.269 e. The highest BCUT2D eigenvalue weighted by atomic mass is 16.6. The average molecular weight is 346 g/mol. The van der Waals surface area contributed by atoms with E-state index in [9.17, 15) is 14.9 Å². The van der Waals surface area contributed by atoms with Gasteiger partial charge in [-0.15, -0.1) is 0 Å². The molecule has 0 radical (unpaired) electrons. The lowest BCUT2D eigenvalue weighted by Crippen LogP contribution is -2.51. The fraction of sp³-hybridized carbons (Fsp3) is 0.611. The summed E-state index contributed by atoms with van der Waals surface area (Å²) in [5, 5.41) is 10.7. The van der Waals surface area contributed by atoms with E-state index in [0.717, 1.165) is 63.7 Å². The summed E-state index contributed by atoms with van der Waals surface area (Å²) >= 11 is 0. The molecule has 7 heteroatoms. The van der Waals surface area contributed by atoms with Crippen LogP contribution >= 0.6 is 0 Å². The van der Waals surface area contributed by atoms with Crippen LogP contribution in [0.15, 0.2) is 24.3 Å². The lowest BCUT2D eigenvalue weighted by Gasteiger charge is -2.37. The highest BCUT2D eigenvalue weighted by molar-refractivity contribution is 5.78. The molecule has 0 saturated carbocycles. The molecule has 1 aromatic rings. The van der Waals surface area contributed by atoms with Gasteiger partial charge >= 0.3 is 0 Å². The van der Waals surface area contributed by atoms with Crippen molar-refractivity contribution in [1.29, 1.82) is 0 Å². The zero-order valence-electron chi connectivity index (χ0n) is 14.8. The molecule has 25 heavy (non-hydrogen) atoms. The van der Waals surface area contributed by atoms with Gasteiger partial charge in [0, 0.05) is 57.1 Å². The van der Waals surface area contributed by atoms with Gasteiger partial charge in [-0.25, -0.2) is 0 Å². The summed E-state index contributed by atoms with van der Waals surface area (Å²) in [5.74, 6) is 0.977. The van der Waals surface area contributed by atoms with Crippen molar-refractivity contribution in [3.63, 3.8) is 0 Å². The highest BCUT2D eigenvalue weighted by Gasteiger charge is 2.24. The van der Waals surface area contributed by atoms with E-state index in [2.05, 4.69) is 16.7 Å². The van der Waals surface area contributed by atoms with E-state index in [1.807, 2.05) is 4.90 Å². The van der Waals surface area contributed by atoms with Crippen LogP contribution in [0.5, 0.6) is 0 Å². The van der Waals surface area contributed by atoms with E-state index in [1.54, 1.807) is 24.3 Å². The van der Waals surface area contributed by atoms with Crippen LogP contribution in [0.1, 0.15) is 19.8 Å². The molecule has 2 fully saturated rings. The Bertz CT molecular complexity index is 603. The van der Waals surface area contributed by atoms with Crippen molar-refractivity contribution in [3.8, 4) is 0 Å². The van der Waals surface area contributed by atoms with Crippen LogP contribution in [0.4, 0.5) is 11.4 Å². The van der Waals surface area contributed by atoms with E-state index in [0.29, 0.717) is 6.54 Å². The first-order chi connectivity index (χ1) is 12.0. The van der Waals surface area contributed by atoms with E-state index >= 15 is 0 Å². The largest absolute Gasteiger partial charge is 0.369 e. The van der Waals surface area contributed by atoms with Crippen LogP contribution in [-0.2, 0) is 4.79 Å². The maximum atomic E-state index is 12.4. The molecule has 1 amide bonds. The van der Waals surface area contributed by atoms with Gasteiger partial charge in [0.2, 0.25) is 5.91 Å². The first-order valence-corrected chi connectivity index (χ1v) is 9.02. The van der Waals surface area contributed by atoms with Crippen LogP contribution in [0.25, 0.3) is 0 Å². The molecule has 3 rings (SSSR count). The third-order valence-electron chi connectivity index (χ3n) is 5.29. The topological polar surface area (TPSA) is 69.9 Å². The first-order valence-electron chi connectivity index (χ1n) is 9.02. The molecule has 0 aliphatic carbocycles. The third-order valence-corrected chi connectivity index (χ3v) is 5.29. The summed E-state index contributed by atoms with van der Waals surface area (Å²) in [5.41, 5.74) is 1.12. The van der Waals surface area contributed by atoms with Gasteiger partial charge in [-0.3, -0.25) is 19.8 Å². The fourth-order valence-corrected chi connectivity index (χ4v) is 3.50. The van der Waals surface area contributed by atoms with Gasteiger partial charge in [0.1, 0.15) is 0 Å². The maximum Gasteiger partial charge on any atom is 0.269 e. The van der Waals surface area contributed by atoms with Crippen molar-refractivity contribution >= 4 is 17.3 Å². The molecule has 136 valence electrons. The number of benzene rings is 1. The Morgan fingerprint density at radius 3 is 2.24 bits per heavy atom. The van der Waals surface area contributed by atoms with E-state index in [-0.39, 0.29) is 16.5 Å². The monoisotopic (exact) mass is 346 g/mol. The number of hydrogen-bond acceptors (Lipinski definition) is 5. The predicted molar refractivity (Wildman–Crippen MR) is 96.7 cm³/mol. The number of nitro groups is 1. The third kappa shape index (κ3) is 4.48. The number of nitrogens with zero attached hydrogens (tertiary/aromatic N) is 4. The second-order valence-corrected chi connectivity index (χ2v) is 7.10. The molecule has 2 aliphatic heterocycles. The molecule has 0 atom stereocenters. The summed E-state index contributed by atoms with van der Waals surface area (Å²) in [7, 11) is 0. The summed E-state index contributed by atoms with van der Waals surface area (Å²) in [6.45, 7) is 7.89. The van der Waals surface area contributed by atoms with Crippen molar-refractivity contribution in [1.82, 2.24) is 9.80 Å². The number of amides is 1. The summed E-state index contributed by atoms with van der Waals surface area (Å²) in [6.07, 6.45) is 2.22. The molecule has 0 unspecified atom stereocenters. The zero-order valence-corrected chi connectivity index (χ0v) is 14.8. The first kappa shape index (κ1) is 17.7. The van der Waals surface area contributed by atoms with Gasteiger partial charge in [0.05, 0.1) is 11.5 Å². The van der Waals surface area contributed by atoms with E-state index in [4.69, 9.17) is 0 Å². The predicted octanol–water partition coefficient (Wildman–Crippen LogP) is 1.98. The Labute approximate surface area is 148 Å². The van der Waals surface area contributed by atoms with Crippen LogP contribution in [0, 0.1) is 16.0 Å². The molecular formula is C18H26N4O3. The molecule has 0 N–H and O–H groups in total. The van der Waals surface area contributed by atoms with Gasteiger partial charge in [-0.2, -0.15) is 0 Å². The van der Waals surface area contributed by atoms with Gasteiger partial charge in [0.15, 0.2) is 0 Å². The molecule has 0 aromatic heterocycles. The lowest BCUT2D eigenvalue weighted by molar-refractivity contribution is -0.384. The Morgan fingerprint density at radius 2 is 1.68 bits per heavy atom. The van der Waals surface area contributed by atoms with Crippen molar-refractivity contribution in [3.05, 3.63) is 34.4 Å². The Balaban J connectivity index is 1.47. The standard InChI is InChI=1S/C18H26N4O3/c1-15-6-8-21(9-7-15)18(23)14-19-10-12-20(13-11-19)16-2-4-17(5-3-16)22(24)25/h2-5,15H,6-14H2,1H3. The van der Waals surface area contributed by atoms with Gasteiger partial charge in [0.25, 0.3) is 5.69 Å². The molecule has 2 heterocycles. The number of carbonyl (C=O) groups excluding carboxylic acids is 1. The van der Waals surface area contributed by atoms with Crippen molar-refractivity contribution in [2.24, 2.45) is 5.92 Å². The van der Waals surface area contributed by atoms with E-state index in [1.165, 1.54) is 0 Å². The number of carbonyl (C=O) groups is 1. The molecule has 1 aromatic carbocycles. The van der Waals surface area contributed by atoms with Crippen LogP contribution in [0.3, 0.4) is 0 Å². The van der Waals surface area contributed by atoms with Gasteiger partial charge < -0.3 is 9.80 Å². The number of non-ortho nitro benzene ring substituents is 1. The summed E-state index contributed by atoms with van der Waals surface area (Å²) in [6, 6.07) is 6.69. The second kappa shape index (κ2) is 7.82. The molecule has 0 spiro atoms. The van der Waals surface area contributed by atoms with Crippen LogP contribution in [-0.4, -0.2) is 66.4 Å². The molecule has 7 nitrogen and oxygen atoms in total. The minimum Gasteiger partial charge on any atom is -0.369 e. The van der Waals surface area contributed by atoms with Crippen molar-refractivity contribution in [2.45, 2.75) is 19.8 Å². The SMILES string of the molecule is CC1CCN(C(=O)CN2CCN(c3ccc([N+](=O)[O-])cc3)CC2)CC1. The quantitative estimate of drug-likeness (QED) is 0.616. The molecule has 2 saturated heterocycles. The maximum absolute atomic E-state index is 12.4. The number of hydrogen-bond donors (Lipinski definition) is 0. The molecule has 2 aliphatic rings. The van der Waals surface area contributed by atoms with Crippen molar-refractivity contribution in [2.75, 3.05) is 50.7 Å². The summed E-state index contributed by atoms with van der Waals surface area (Å²) in [4.78, 5) is 29.2. The minimum absolute atomic E-state index is 0.115. The number of piperazine rings is 1. The van der Waals surface area contributed by atoms with Crippen LogP contribution in [0.2, 0.25) is 0 Å². The number of anilines is 1. The minimum atomic E-state index is -0.380. The molecule has 0 bridgehead atoms. The summed E-state index contributed by atoms with van der Waals surface area (Å²) < 4.78 is 0. The van der Waals surface area contributed by atoms with Crippen molar-refractivity contribution < 1.29 is 9.72 Å². The Morgan fingerprint density at radius 1 is 1.08 bits per heavy atom. The number of nitro benzene ring substituents is 1. The zero-order chi connectivity index (χ0) is 17.8. The fourth-order valence-electron chi connectivity index (χ4n) is 3.50.